The Balaban J connectivity index is 5.09. The van der Waals surface area contributed by atoms with Crippen molar-refractivity contribution in [3.05, 3.63) is 0 Å². The lowest BCUT2D eigenvalue weighted by molar-refractivity contribution is -0.136. The fourth-order valence-electron chi connectivity index (χ4n) is 2.56. The Labute approximate surface area is 157 Å². The fourth-order valence-corrected chi connectivity index (χ4v) is 9.42. The summed E-state index contributed by atoms with van der Waals surface area (Å²) in [5, 5.41) is 9.02. The molecule has 1 N–H and O–H groups in total. The monoisotopic (exact) mass is 398 g/mol. The summed E-state index contributed by atoms with van der Waals surface area (Å²) in [6.45, 7) is 14.6. The SMILES string of the molecule is CCC(CC(=O)O)SP(=S)(OC(C)CC(C)C)OC(C)CC(C)C. The zero-order valence-corrected chi connectivity index (χ0v) is 18.7. The van der Waals surface area contributed by atoms with Gasteiger partial charge in [-0.1, -0.05) is 46.0 Å². The number of hydrogen-bond donors (Lipinski definition) is 1. The Morgan fingerprint density at radius 3 is 1.75 bits per heavy atom. The summed E-state index contributed by atoms with van der Waals surface area (Å²) in [4.78, 5) is 11.1. The minimum absolute atomic E-state index is 0.0110. The first kappa shape index (κ1) is 24.4. The van der Waals surface area contributed by atoms with Gasteiger partial charge in [-0.3, -0.25) is 4.79 Å². The first-order chi connectivity index (χ1) is 11.0. The van der Waals surface area contributed by atoms with Gasteiger partial charge in [-0.25, -0.2) is 0 Å². The molecule has 0 rings (SSSR count). The molecule has 0 fully saturated rings. The van der Waals surface area contributed by atoms with Gasteiger partial charge in [-0.15, -0.1) is 0 Å². The van der Waals surface area contributed by atoms with E-state index in [1.54, 1.807) is 0 Å². The van der Waals surface area contributed by atoms with E-state index >= 15 is 0 Å². The van der Waals surface area contributed by atoms with Crippen LogP contribution in [0.15, 0.2) is 0 Å². The predicted molar refractivity (Wildman–Crippen MR) is 108 cm³/mol. The van der Waals surface area contributed by atoms with Crippen LogP contribution in [-0.4, -0.2) is 28.5 Å². The first-order valence-electron chi connectivity index (χ1n) is 8.84. The molecule has 144 valence electrons. The van der Waals surface area contributed by atoms with Gasteiger partial charge in [0.05, 0.1) is 18.6 Å². The molecule has 0 aromatic rings. The van der Waals surface area contributed by atoms with Gasteiger partial charge in [0.1, 0.15) is 0 Å². The second kappa shape index (κ2) is 11.9. The van der Waals surface area contributed by atoms with E-state index in [0.717, 1.165) is 19.3 Å². The molecule has 0 aromatic carbocycles. The van der Waals surface area contributed by atoms with Gasteiger partial charge in [0.15, 0.2) is 0 Å². The summed E-state index contributed by atoms with van der Waals surface area (Å²) in [5.74, 6) is 0.228. The highest BCUT2D eigenvalue weighted by atomic mass is 32.9. The third-order valence-corrected chi connectivity index (χ3v) is 9.13. The third-order valence-electron chi connectivity index (χ3n) is 3.36. The summed E-state index contributed by atoms with van der Waals surface area (Å²) < 4.78 is 12.4. The molecule has 0 amide bonds. The maximum atomic E-state index is 11.1. The summed E-state index contributed by atoms with van der Waals surface area (Å²) in [5.41, 5.74) is -2.59. The highest BCUT2D eigenvalue weighted by molar-refractivity contribution is 8.68. The van der Waals surface area contributed by atoms with Crippen molar-refractivity contribution in [3.8, 4) is 0 Å². The third kappa shape index (κ3) is 11.9. The lowest BCUT2D eigenvalue weighted by Gasteiger charge is -2.31. The highest BCUT2D eigenvalue weighted by Crippen LogP contribution is 2.65. The van der Waals surface area contributed by atoms with Crippen molar-refractivity contribution >= 4 is 34.9 Å². The van der Waals surface area contributed by atoms with Crippen LogP contribution in [0.4, 0.5) is 0 Å². The molecule has 0 spiro atoms. The molecule has 0 aliphatic carbocycles. The van der Waals surface area contributed by atoms with Crippen molar-refractivity contribution in [3.63, 3.8) is 0 Å². The molecule has 0 aliphatic rings. The Hall–Kier alpha value is 0.390. The van der Waals surface area contributed by atoms with Crippen molar-refractivity contribution in [2.24, 2.45) is 11.8 Å². The summed E-state index contributed by atoms with van der Waals surface area (Å²) in [6, 6.07) is 0. The minimum Gasteiger partial charge on any atom is -0.481 e. The van der Waals surface area contributed by atoms with E-state index in [1.165, 1.54) is 11.4 Å². The molecule has 0 saturated heterocycles. The van der Waals surface area contributed by atoms with Crippen molar-refractivity contribution in [1.29, 1.82) is 0 Å². The van der Waals surface area contributed by atoms with Gasteiger partial charge in [-0.2, -0.15) is 0 Å². The molecule has 0 saturated carbocycles. The molecular weight excluding hydrogens is 363 g/mol. The van der Waals surface area contributed by atoms with Crippen LogP contribution in [0.2, 0.25) is 0 Å². The maximum absolute atomic E-state index is 11.1. The molecule has 3 atom stereocenters. The number of aliphatic carboxylic acids is 1. The van der Waals surface area contributed by atoms with Crippen molar-refractivity contribution in [1.82, 2.24) is 0 Å². The molecule has 0 aliphatic heterocycles. The quantitative estimate of drug-likeness (QED) is 0.378. The number of carboxylic acids is 1. The molecule has 4 nitrogen and oxygen atoms in total. The zero-order chi connectivity index (χ0) is 18.9. The second-order valence-electron chi connectivity index (χ2n) is 7.27. The van der Waals surface area contributed by atoms with Crippen molar-refractivity contribution in [2.75, 3.05) is 0 Å². The van der Waals surface area contributed by atoms with Crippen molar-refractivity contribution < 1.29 is 18.9 Å². The van der Waals surface area contributed by atoms with Crippen LogP contribution in [-0.2, 0) is 25.6 Å². The topological polar surface area (TPSA) is 55.8 Å². The summed E-state index contributed by atoms with van der Waals surface area (Å²) in [6.07, 6.45) is 2.67. The number of hydrogen-bond acceptors (Lipinski definition) is 5. The maximum Gasteiger partial charge on any atom is 0.304 e. The van der Waals surface area contributed by atoms with Gasteiger partial charge in [0.25, 0.3) is 0 Å². The normalized spacial score (nSPS) is 18.4. The lowest BCUT2D eigenvalue weighted by atomic mass is 10.1. The van der Waals surface area contributed by atoms with Gasteiger partial charge in [0.2, 0.25) is 5.69 Å². The molecule has 0 radical (unpaired) electrons. The lowest BCUT2D eigenvalue weighted by Crippen LogP contribution is -2.16. The Kier molecular flexibility index (Phi) is 12.1. The van der Waals surface area contributed by atoms with E-state index in [-0.39, 0.29) is 23.9 Å². The van der Waals surface area contributed by atoms with E-state index in [1.807, 2.05) is 20.8 Å². The summed E-state index contributed by atoms with van der Waals surface area (Å²) in [7, 11) is 0. The molecular formula is C17H35O4PS2. The second-order valence-corrected chi connectivity index (χ2v) is 13.7. The van der Waals surface area contributed by atoms with E-state index < -0.39 is 11.7 Å². The van der Waals surface area contributed by atoms with E-state index in [2.05, 4.69) is 27.7 Å². The van der Waals surface area contributed by atoms with Crippen molar-refractivity contribution in [2.45, 2.75) is 91.6 Å². The molecule has 3 unspecified atom stereocenters. The van der Waals surface area contributed by atoms with Gasteiger partial charge < -0.3 is 14.2 Å². The average Bonchev–Trinajstić information content (AvgIpc) is 2.33. The highest BCUT2D eigenvalue weighted by Gasteiger charge is 2.30. The van der Waals surface area contributed by atoms with Crippen LogP contribution in [0.25, 0.3) is 0 Å². The summed E-state index contributed by atoms with van der Waals surface area (Å²) >= 11 is 7.22. The van der Waals surface area contributed by atoms with Crippen LogP contribution in [0.1, 0.15) is 74.1 Å². The van der Waals surface area contributed by atoms with Gasteiger partial charge in [0, 0.05) is 5.25 Å². The number of carboxylic acid groups (broad SMARTS) is 1. The van der Waals surface area contributed by atoms with Crippen LogP contribution in [0.3, 0.4) is 0 Å². The largest absolute Gasteiger partial charge is 0.481 e. The molecule has 24 heavy (non-hydrogen) atoms. The molecule has 0 aromatic heterocycles. The molecule has 0 bridgehead atoms. The number of rotatable bonds is 13. The zero-order valence-electron chi connectivity index (χ0n) is 16.2. The van der Waals surface area contributed by atoms with E-state index in [9.17, 15) is 4.79 Å². The predicted octanol–water partition coefficient (Wildman–Crippen LogP) is 6.10. The molecule has 7 heteroatoms. The Morgan fingerprint density at radius 2 is 1.46 bits per heavy atom. The van der Waals surface area contributed by atoms with Gasteiger partial charge >= 0.3 is 5.97 Å². The smallest absolute Gasteiger partial charge is 0.304 e. The first-order valence-corrected chi connectivity index (χ1v) is 13.0. The van der Waals surface area contributed by atoms with E-state index in [4.69, 9.17) is 26.0 Å². The van der Waals surface area contributed by atoms with Crippen LogP contribution >= 0.6 is 17.1 Å². The Bertz CT molecular complexity index is 393. The van der Waals surface area contributed by atoms with Crippen LogP contribution < -0.4 is 0 Å². The van der Waals surface area contributed by atoms with Crippen LogP contribution in [0.5, 0.6) is 0 Å². The molecule has 0 heterocycles. The average molecular weight is 399 g/mol. The van der Waals surface area contributed by atoms with Gasteiger partial charge in [-0.05, 0) is 56.8 Å². The fraction of sp³-hybridized carbons (Fsp3) is 0.941. The Morgan fingerprint density at radius 1 is 1.04 bits per heavy atom. The standard InChI is InChI=1S/C17H35O4PS2/c1-8-16(11-17(18)19)24-22(23,20-14(6)9-12(2)3)21-15(7)10-13(4)5/h12-16H,8-11H2,1-7H3,(H,18,19). The number of carbonyl (C=O) groups is 1. The van der Waals surface area contributed by atoms with Crippen LogP contribution in [0, 0.1) is 11.8 Å². The van der Waals surface area contributed by atoms with E-state index in [0.29, 0.717) is 11.8 Å². The minimum atomic E-state index is -2.59.